The molecule has 1 aliphatic rings. The highest BCUT2D eigenvalue weighted by Crippen LogP contribution is 2.32. The Morgan fingerprint density at radius 2 is 2.24 bits per heavy atom. The fourth-order valence-electron chi connectivity index (χ4n) is 2.77. The number of methoxy groups -OCH3 is 1. The minimum atomic E-state index is -0.385. The van der Waals surface area contributed by atoms with Gasteiger partial charge in [0, 0.05) is 0 Å². The van der Waals surface area contributed by atoms with Crippen LogP contribution >= 0.6 is 0 Å². The largest absolute Gasteiger partial charge is 0.468 e. The number of hydrogen-bond acceptors (Lipinski definition) is 4. The average Bonchev–Trinajstić information content (AvgIpc) is 2.54. The molecule has 0 bridgehead atoms. The SMILES string of the molecule is CCCNC(COC1CCCc2ccccc21)C(=O)OC. The van der Waals surface area contributed by atoms with Gasteiger partial charge in [0.05, 0.1) is 19.8 Å². The number of fused-ring (bicyclic) bond motifs is 1. The van der Waals surface area contributed by atoms with Gasteiger partial charge in [0.1, 0.15) is 6.04 Å². The van der Waals surface area contributed by atoms with Gasteiger partial charge in [0.2, 0.25) is 0 Å². The van der Waals surface area contributed by atoms with E-state index in [-0.39, 0.29) is 18.1 Å². The van der Waals surface area contributed by atoms with Crippen LogP contribution in [0.15, 0.2) is 24.3 Å². The molecule has 4 heteroatoms. The average molecular weight is 291 g/mol. The molecular formula is C17H25NO3. The lowest BCUT2D eigenvalue weighted by Gasteiger charge is -2.27. The Morgan fingerprint density at radius 3 is 3.00 bits per heavy atom. The van der Waals surface area contributed by atoms with Crippen LogP contribution in [0.5, 0.6) is 0 Å². The molecule has 1 aromatic carbocycles. The van der Waals surface area contributed by atoms with Crippen LogP contribution in [0, 0.1) is 0 Å². The van der Waals surface area contributed by atoms with Crippen LogP contribution < -0.4 is 5.32 Å². The first kappa shape index (κ1) is 16.0. The van der Waals surface area contributed by atoms with Gasteiger partial charge in [-0.15, -0.1) is 0 Å². The van der Waals surface area contributed by atoms with Gasteiger partial charge in [-0.3, -0.25) is 4.79 Å². The Labute approximate surface area is 126 Å². The second-order valence-electron chi connectivity index (χ2n) is 5.44. The minimum absolute atomic E-state index is 0.0885. The first-order chi connectivity index (χ1) is 10.3. The third kappa shape index (κ3) is 4.29. The van der Waals surface area contributed by atoms with E-state index in [1.54, 1.807) is 0 Å². The number of rotatable bonds is 7. The van der Waals surface area contributed by atoms with E-state index in [4.69, 9.17) is 9.47 Å². The second kappa shape index (κ2) is 8.15. The Morgan fingerprint density at radius 1 is 1.43 bits per heavy atom. The summed E-state index contributed by atoms with van der Waals surface area (Å²) in [6.45, 7) is 3.20. The molecule has 2 rings (SSSR count). The second-order valence-corrected chi connectivity index (χ2v) is 5.44. The topological polar surface area (TPSA) is 47.6 Å². The van der Waals surface area contributed by atoms with E-state index in [0.29, 0.717) is 6.61 Å². The maximum absolute atomic E-state index is 11.8. The molecular weight excluding hydrogens is 266 g/mol. The van der Waals surface area contributed by atoms with Gasteiger partial charge >= 0.3 is 5.97 Å². The van der Waals surface area contributed by atoms with Crippen molar-refractivity contribution in [3.8, 4) is 0 Å². The van der Waals surface area contributed by atoms with Crippen LogP contribution in [0.3, 0.4) is 0 Å². The van der Waals surface area contributed by atoms with Crippen molar-refractivity contribution in [3.05, 3.63) is 35.4 Å². The zero-order valence-corrected chi connectivity index (χ0v) is 12.9. The van der Waals surface area contributed by atoms with Gasteiger partial charge < -0.3 is 14.8 Å². The molecule has 2 atom stereocenters. The summed E-state index contributed by atoms with van der Waals surface area (Å²) in [6, 6.07) is 8.03. The van der Waals surface area contributed by atoms with Crippen LogP contribution in [-0.4, -0.2) is 32.3 Å². The quantitative estimate of drug-likeness (QED) is 0.785. The van der Waals surface area contributed by atoms with Crippen molar-refractivity contribution < 1.29 is 14.3 Å². The predicted molar refractivity (Wildman–Crippen MR) is 82.2 cm³/mol. The van der Waals surface area contributed by atoms with Gasteiger partial charge in [-0.25, -0.2) is 0 Å². The van der Waals surface area contributed by atoms with Gasteiger partial charge in [-0.2, -0.15) is 0 Å². The highest BCUT2D eigenvalue weighted by Gasteiger charge is 2.24. The van der Waals surface area contributed by atoms with Crippen molar-refractivity contribution in [2.24, 2.45) is 0 Å². The van der Waals surface area contributed by atoms with Crippen molar-refractivity contribution >= 4 is 5.97 Å². The van der Waals surface area contributed by atoms with Crippen molar-refractivity contribution in [1.82, 2.24) is 5.32 Å². The number of carbonyl (C=O) groups excluding carboxylic acids is 1. The highest BCUT2D eigenvalue weighted by molar-refractivity contribution is 5.75. The molecule has 116 valence electrons. The number of carbonyl (C=O) groups is 1. The molecule has 0 amide bonds. The Bertz CT molecular complexity index is 461. The molecule has 2 unspecified atom stereocenters. The fourth-order valence-corrected chi connectivity index (χ4v) is 2.77. The summed E-state index contributed by atoms with van der Waals surface area (Å²) in [7, 11) is 1.42. The third-order valence-electron chi connectivity index (χ3n) is 3.90. The molecule has 0 aliphatic heterocycles. The number of benzene rings is 1. The van der Waals surface area contributed by atoms with Crippen molar-refractivity contribution in [1.29, 1.82) is 0 Å². The molecule has 21 heavy (non-hydrogen) atoms. The van der Waals surface area contributed by atoms with Gasteiger partial charge in [-0.1, -0.05) is 31.2 Å². The number of esters is 1. The molecule has 0 saturated heterocycles. The zero-order valence-electron chi connectivity index (χ0n) is 12.9. The summed E-state index contributed by atoms with van der Waals surface area (Å²) < 4.78 is 10.9. The monoisotopic (exact) mass is 291 g/mol. The Hall–Kier alpha value is -1.39. The van der Waals surface area contributed by atoms with Crippen LogP contribution in [0.2, 0.25) is 0 Å². The number of aryl methyl sites for hydroxylation is 1. The molecule has 1 aromatic rings. The molecule has 0 aromatic heterocycles. The lowest BCUT2D eigenvalue weighted by molar-refractivity contribution is -0.145. The summed E-state index contributed by atoms with van der Waals surface area (Å²) in [6.07, 6.45) is 4.32. The fraction of sp³-hybridized carbons (Fsp3) is 0.588. The van der Waals surface area contributed by atoms with Gasteiger partial charge in [-0.05, 0) is 43.4 Å². The first-order valence-corrected chi connectivity index (χ1v) is 7.76. The van der Waals surface area contributed by atoms with Crippen LogP contribution in [0.4, 0.5) is 0 Å². The van der Waals surface area contributed by atoms with Crippen molar-refractivity contribution in [2.45, 2.75) is 44.8 Å². The van der Waals surface area contributed by atoms with E-state index in [2.05, 4.69) is 30.4 Å². The van der Waals surface area contributed by atoms with Crippen molar-refractivity contribution in [3.63, 3.8) is 0 Å². The van der Waals surface area contributed by atoms with Crippen LogP contribution in [0.25, 0.3) is 0 Å². The molecule has 0 heterocycles. The minimum Gasteiger partial charge on any atom is -0.468 e. The van der Waals surface area contributed by atoms with E-state index in [1.165, 1.54) is 18.2 Å². The lowest BCUT2D eigenvalue weighted by atomic mass is 9.89. The summed E-state index contributed by atoms with van der Waals surface area (Å²) in [5.41, 5.74) is 2.63. The smallest absolute Gasteiger partial charge is 0.325 e. The molecule has 0 fully saturated rings. The molecule has 1 aliphatic carbocycles. The van der Waals surface area contributed by atoms with E-state index >= 15 is 0 Å². The third-order valence-corrected chi connectivity index (χ3v) is 3.90. The van der Waals surface area contributed by atoms with E-state index in [9.17, 15) is 4.79 Å². The van der Waals surface area contributed by atoms with E-state index in [1.807, 2.05) is 6.07 Å². The highest BCUT2D eigenvalue weighted by atomic mass is 16.5. The number of nitrogens with one attached hydrogen (secondary N) is 1. The molecule has 1 N–H and O–H groups in total. The predicted octanol–water partition coefficient (Wildman–Crippen LogP) is 2.62. The summed E-state index contributed by atoms with van der Waals surface area (Å²) in [5, 5.41) is 3.18. The number of ether oxygens (including phenoxy) is 2. The molecule has 0 saturated carbocycles. The van der Waals surface area contributed by atoms with Gasteiger partial charge in [0.15, 0.2) is 0 Å². The normalized spacial score (nSPS) is 18.9. The van der Waals surface area contributed by atoms with E-state index < -0.39 is 0 Å². The molecule has 4 nitrogen and oxygen atoms in total. The summed E-state index contributed by atoms with van der Waals surface area (Å²) in [4.78, 5) is 11.8. The maximum Gasteiger partial charge on any atom is 0.325 e. The standard InChI is InChI=1S/C17H25NO3/c1-3-11-18-15(17(19)20-2)12-21-16-10-6-8-13-7-4-5-9-14(13)16/h4-5,7,9,15-16,18H,3,6,8,10-12H2,1-2H3. The summed E-state index contributed by atoms with van der Waals surface area (Å²) >= 11 is 0. The lowest BCUT2D eigenvalue weighted by Crippen LogP contribution is -2.42. The van der Waals surface area contributed by atoms with Crippen LogP contribution in [-0.2, 0) is 20.7 Å². The Kier molecular flexibility index (Phi) is 6.21. The first-order valence-electron chi connectivity index (χ1n) is 7.76. The summed E-state index contributed by atoms with van der Waals surface area (Å²) in [5.74, 6) is -0.257. The number of hydrogen-bond donors (Lipinski definition) is 1. The Balaban J connectivity index is 1.96. The van der Waals surface area contributed by atoms with Crippen molar-refractivity contribution in [2.75, 3.05) is 20.3 Å². The van der Waals surface area contributed by atoms with E-state index in [0.717, 1.165) is 32.2 Å². The molecule has 0 radical (unpaired) electrons. The maximum atomic E-state index is 11.8. The van der Waals surface area contributed by atoms with Gasteiger partial charge in [0.25, 0.3) is 0 Å². The zero-order chi connectivity index (χ0) is 15.1. The van der Waals surface area contributed by atoms with Crippen LogP contribution in [0.1, 0.15) is 43.4 Å². The molecule has 0 spiro atoms.